The molecule has 0 radical (unpaired) electrons. The third kappa shape index (κ3) is 5.87. The van der Waals surface area contributed by atoms with E-state index < -0.39 is 0 Å². The first-order valence-electron chi connectivity index (χ1n) is 8.36. The zero-order valence-corrected chi connectivity index (χ0v) is 15.4. The number of hydrogen-bond acceptors (Lipinski definition) is 3. The molecular weight excluding hydrogens is 332 g/mol. The number of nitrogens with zero attached hydrogens (tertiary/aromatic N) is 2. The Morgan fingerprint density at radius 3 is 2.40 bits per heavy atom. The van der Waals surface area contributed by atoms with Crippen LogP contribution in [0.5, 0.6) is 0 Å². The van der Waals surface area contributed by atoms with Crippen molar-refractivity contribution in [2.45, 2.75) is 26.4 Å². The predicted octanol–water partition coefficient (Wildman–Crippen LogP) is 3.70. The molecule has 0 saturated carbocycles. The van der Waals surface area contributed by atoms with Crippen molar-refractivity contribution in [1.82, 2.24) is 9.80 Å². The van der Waals surface area contributed by atoms with Crippen molar-refractivity contribution < 1.29 is 9.59 Å². The maximum Gasteiger partial charge on any atom is 0.242 e. The lowest BCUT2D eigenvalue weighted by Gasteiger charge is -2.27. The van der Waals surface area contributed by atoms with Gasteiger partial charge in [0.2, 0.25) is 11.8 Å². The number of amides is 2. The highest BCUT2D eigenvalue weighted by atomic mass is 32.1. The summed E-state index contributed by atoms with van der Waals surface area (Å²) in [6.45, 7) is 7.03. The smallest absolute Gasteiger partial charge is 0.242 e. The van der Waals surface area contributed by atoms with Gasteiger partial charge in [0, 0.05) is 24.4 Å². The third-order valence-electron chi connectivity index (χ3n) is 3.83. The summed E-state index contributed by atoms with van der Waals surface area (Å²) in [5.41, 5.74) is 1.07. The fraction of sp³-hybridized carbons (Fsp3) is 0.300. The average molecular weight is 356 g/mol. The number of thiophene rings is 1. The van der Waals surface area contributed by atoms with Crippen molar-refractivity contribution in [2.75, 3.05) is 13.1 Å². The molecule has 0 spiro atoms. The van der Waals surface area contributed by atoms with Gasteiger partial charge in [-0.05, 0) is 17.0 Å². The molecule has 0 atom stereocenters. The molecule has 1 aromatic carbocycles. The van der Waals surface area contributed by atoms with Gasteiger partial charge < -0.3 is 9.80 Å². The minimum Gasteiger partial charge on any atom is -0.332 e. The summed E-state index contributed by atoms with van der Waals surface area (Å²) in [5, 5.41) is 2.01. The monoisotopic (exact) mass is 356 g/mol. The Kier molecular flexibility index (Phi) is 7.41. The highest BCUT2D eigenvalue weighted by molar-refractivity contribution is 7.09. The van der Waals surface area contributed by atoms with Crippen molar-refractivity contribution in [3.8, 4) is 0 Å². The molecule has 1 aromatic heterocycles. The predicted molar refractivity (Wildman–Crippen MR) is 102 cm³/mol. The lowest BCUT2D eigenvalue weighted by molar-refractivity contribution is -0.140. The summed E-state index contributed by atoms with van der Waals surface area (Å²) in [6.07, 6.45) is 2.03. The number of hydrogen-bond donors (Lipinski definition) is 0. The lowest BCUT2D eigenvalue weighted by Crippen LogP contribution is -2.42. The van der Waals surface area contributed by atoms with E-state index in [4.69, 9.17) is 0 Å². The largest absolute Gasteiger partial charge is 0.332 e. The Balaban J connectivity index is 2.13. The molecule has 132 valence electrons. The summed E-state index contributed by atoms with van der Waals surface area (Å²) < 4.78 is 0. The fourth-order valence-corrected chi connectivity index (χ4v) is 3.24. The first-order chi connectivity index (χ1) is 12.1. The van der Waals surface area contributed by atoms with E-state index in [0.717, 1.165) is 10.4 Å². The van der Waals surface area contributed by atoms with Crippen LogP contribution in [0.2, 0.25) is 0 Å². The van der Waals surface area contributed by atoms with Crippen LogP contribution in [0, 0.1) is 0 Å². The Labute approximate surface area is 153 Å². The van der Waals surface area contributed by atoms with Gasteiger partial charge in [-0.2, -0.15) is 0 Å². The van der Waals surface area contributed by atoms with Crippen LogP contribution in [0.15, 0.2) is 60.5 Å². The maximum atomic E-state index is 12.9. The van der Waals surface area contributed by atoms with E-state index in [0.29, 0.717) is 26.1 Å². The molecule has 2 amide bonds. The molecule has 0 fully saturated rings. The van der Waals surface area contributed by atoms with Crippen LogP contribution in [0.4, 0.5) is 0 Å². The molecule has 0 aliphatic rings. The maximum absolute atomic E-state index is 12.9. The van der Waals surface area contributed by atoms with Gasteiger partial charge in [-0.15, -0.1) is 17.9 Å². The molecule has 0 N–H and O–H groups in total. The van der Waals surface area contributed by atoms with Crippen molar-refractivity contribution in [2.24, 2.45) is 0 Å². The number of benzene rings is 1. The van der Waals surface area contributed by atoms with Gasteiger partial charge in [-0.25, -0.2) is 0 Å². The third-order valence-corrected chi connectivity index (χ3v) is 4.69. The van der Waals surface area contributed by atoms with E-state index in [1.807, 2.05) is 47.8 Å². The molecule has 0 unspecified atom stereocenters. The van der Waals surface area contributed by atoms with Gasteiger partial charge in [0.1, 0.15) is 6.54 Å². The minimum atomic E-state index is -0.0547. The average Bonchev–Trinajstić information content (AvgIpc) is 3.14. The molecule has 0 saturated heterocycles. The normalized spacial score (nSPS) is 10.3. The first-order valence-corrected chi connectivity index (χ1v) is 9.24. The summed E-state index contributed by atoms with van der Waals surface area (Å²) in [7, 11) is 0. The zero-order valence-electron chi connectivity index (χ0n) is 14.6. The molecule has 2 aromatic rings. The van der Waals surface area contributed by atoms with Crippen LogP contribution < -0.4 is 0 Å². The van der Waals surface area contributed by atoms with Crippen molar-refractivity contribution in [3.63, 3.8) is 0 Å². The van der Waals surface area contributed by atoms with Gasteiger partial charge in [-0.1, -0.05) is 49.4 Å². The molecule has 4 nitrogen and oxygen atoms in total. The Bertz CT molecular complexity index is 683. The van der Waals surface area contributed by atoms with Crippen molar-refractivity contribution in [3.05, 3.63) is 70.9 Å². The molecule has 5 heteroatoms. The number of rotatable bonds is 9. The summed E-state index contributed by atoms with van der Waals surface area (Å²) in [6, 6.07) is 13.9. The quantitative estimate of drug-likeness (QED) is 0.643. The van der Waals surface area contributed by atoms with Gasteiger partial charge in [0.05, 0.1) is 6.54 Å². The zero-order chi connectivity index (χ0) is 18.1. The minimum absolute atomic E-state index is 0.0379. The molecule has 25 heavy (non-hydrogen) atoms. The SMILES string of the molecule is C=CCN(CC(=O)N(Cc1ccccc1)Cc1cccs1)C(=O)CC. The van der Waals surface area contributed by atoms with Gasteiger partial charge in [0.25, 0.3) is 0 Å². The van der Waals surface area contributed by atoms with Crippen molar-refractivity contribution >= 4 is 23.2 Å². The molecule has 0 aliphatic carbocycles. The molecule has 0 bridgehead atoms. The lowest BCUT2D eigenvalue weighted by atomic mass is 10.2. The van der Waals surface area contributed by atoms with E-state index >= 15 is 0 Å². The summed E-state index contributed by atoms with van der Waals surface area (Å²) >= 11 is 1.63. The second-order valence-electron chi connectivity index (χ2n) is 5.73. The van der Waals surface area contributed by atoms with Crippen LogP contribution >= 0.6 is 11.3 Å². The van der Waals surface area contributed by atoms with E-state index in [-0.39, 0.29) is 18.4 Å². The van der Waals surface area contributed by atoms with E-state index in [1.165, 1.54) is 0 Å². The fourth-order valence-electron chi connectivity index (χ4n) is 2.52. The second kappa shape index (κ2) is 9.79. The van der Waals surface area contributed by atoms with Crippen LogP contribution in [0.25, 0.3) is 0 Å². The van der Waals surface area contributed by atoms with Crippen LogP contribution in [-0.2, 0) is 22.7 Å². The Hall–Kier alpha value is -2.40. The molecule has 1 heterocycles. The number of carbonyl (C=O) groups is 2. The topological polar surface area (TPSA) is 40.6 Å². The van der Waals surface area contributed by atoms with Crippen LogP contribution in [0.3, 0.4) is 0 Å². The van der Waals surface area contributed by atoms with Gasteiger partial charge >= 0.3 is 0 Å². The van der Waals surface area contributed by atoms with E-state index in [2.05, 4.69) is 6.58 Å². The molecule has 0 aliphatic heterocycles. The standard InChI is InChI=1S/C20H24N2O2S/c1-3-12-21(19(23)4-2)16-20(24)22(15-18-11-8-13-25-18)14-17-9-6-5-7-10-17/h3,5-11,13H,1,4,12,14-16H2,2H3. The van der Waals surface area contributed by atoms with Gasteiger partial charge in [0.15, 0.2) is 0 Å². The van der Waals surface area contributed by atoms with E-state index in [1.54, 1.807) is 34.1 Å². The first kappa shape index (κ1) is 18.9. The van der Waals surface area contributed by atoms with Gasteiger partial charge in [-0.3, -0.25) is 9.59 Å². The highest BCUT2D eigenvalue weighted by Gasteiger charge is 2.20. The molecular formula is C20H24N2O2S. The van der Waals surface area contributed by atoms with Crippen molar-refractivity contribution in [1.29, 1.82) is 0 Å². The highest BCUT2D eigenvalue weighted by Crippen LogP contribution is 2.15. The Morgan fingerprint density at radius 2 is 1.80 bits per heavy atom. The second-order valence-corrected chi connectivity index (χ2v) is 6.76. The summed E-state index contributed by atoms with van der Waals surface area (Å²) in [4.78, 5) is 29.4. The Morgan fingerprint density at radius 1 is 1.04 bits per heavy atom. The van der Waals surface area contributed by atoms with E-state index in [9.17, 15) is 9.59 Å². The summed E-state index contributed by atoms with van der Waals surface area (Å²) in [5.74, 6) is -0.0927. The van der Waals surface area contributed by atoms with Crippen LogP contribution in [-0.4, -0.2) is 34.7 Å². The number of carbonyl (C=O) groups excluding carboxylic acids is 2. The van der Waals surface area contributed by atoms with Crippen LogP contribution in [0.1, 0.15) is 23.8 Å². The molecule has 2 rings (SSSR count).